The van der Waals surface area contributed by atoms with Crippen molar-refractivity contribution in [2.75, 3.05) is 5.32 Å². The summed E-state index contributed by atoms with van der Waals surface area (Å²) in [5.74, 6) is -1.23. The summed E-state index contributed by atoms with van der Waals surface area (Å²) in [6.45, 7) is 0. The summed E-state index contributed by atoms with van der Waals surface area (Å²) in [7, 11) is 0. The van der Waals surface area contributed by atoms with Crippen molar-refractivity contribution in [1.29, 1.82) is 0 Å². The van der Waals surface area contributed by atoms with E-state index in [9.17, 15) is 13.9 Å². The molecule has 0 radical (unpaired) electrons. The van der Waals surface area contributed by atoms with Gasteiger partial charge in [0.25, 0.3) is 0 Å². The molecule has 1 aliphatic rings. The number of halogens is 2. The van der Waals surface area contributed by atoms with Gasteiger partial charge >= 0.3 is 0 Å². The lowest BCUT2D eigenvalue weighted by atomic mass is 9.92. The van der Waals surface area contributed by atoms with E-state index in [0.29, 0.717) is 6.42 Å². The Morgan fingerprint density at radius 3 is 2.38 bits per heavy atom. The fourth-order valence-electron chi connectivity index (χ4n) is 2.10. The van der Waals surface area contributed by atoms with Crippen LogP contribution in [0, 0.1) is 11.6 Å². The molecule has 1 aliphatic carbocycles. The van der Waals surface area contributed by atoms with Gasteiger partial charge in [0, 0.05) is 0 Å². The van der Waals surface area contributed by atoms with Crippen LogP contribution in [0.4, 0.5) is 14.5 Å². The van der Waals surface area contributed by atoms with Gasteiger partial charge in [-0.2, -0.15) is 0 Å². The number of aliphatic hydroxyl groups excluding tert-OH is 1. The van der Waals surface area contributed by atoms with E-state index < -0.39 is 17.7 Å². The van der Waals surface area contributed by atoms with E-state index >= 15 is 0 Å². The highest BCUT2D eigenvalue weighted by molar-refractivity contribution is 5.47. The van der Waals surface area contributed by atoms with Crippen LogP contribution in [0.15, 0.2) is 18.2 Å². The monoisotopic (exact) mass is 227 g/mol. The Balaban J connectivity index is 2.13. The molecule has 88 valence electrons. The number of hydrogen-bond donors (Lipinski definition) is 2. The van der Waals surface area contributed by atoms with Crippen LogP contribution >= 0.6 is 0 Å². The van der Waals surface area contributed by atoms with Gasteiger partial charge in [-0.3, -0.25) is 0 Å². The average Bonchev–Trinajstić information content (AvgIpc) is 2.26. The Morgan fingerprint density at radius 1 is 1.12 bits per heavy atom. The summed E-state index contributed by atoms with van der Waals surface area (Å²) in [6, 6.07) is 3.49. The maximum atomic E-state index is 13.3. The van der Waals surface area contributed by atoms with E-state index in [1.807, 2.05) is 0 Å². The predicted octanol–water partition coefficient (Wildman–Crippen LogP) is 2.68. The number of nitrogens with one attached hydrogen (secondary N) is 1. The molecule has 0 spiro atoms. The fourth-order valence-corrected chi connectivity index (χ4v) is 2.10. The minimum absolute atomic E-state index is 0.131. The molecule has 1 saturated carbocycles. The molecule has 0 bridgehead atoms. The second-order valence-corrected chi connectivity index (χ2v) is 4.20. The zero-order valence-corrected chi connectivity index (χ0v) is 8.92. The van der Waals surface area contributed by atoms with Crippen LogP contribution in [-0.4, -0.2) is 17.3 Å². The lowest BCUT2D eigenvalue weighted by molar-refractivity contribution is 0.116. The summed E-state index contributed by atoms with van der Waals surface area (Å²) in [5.41, 5.74) is -0.131. The standard InChI is InChI=1S/C12H15F2NO/c13-8-4-3-5-9(14)12(8)15-10-6-1-2-7-11(10)16/h3-5,10-11,15-16H,1-2,6-7H2/t10-,11-/m1/s1. The Hall–Kier alpha value is -1.16. The molecule has 4 heteroatoms. The lowest BCUT2D eigenvalue weighted by Gasteiger charge is -2.29. The van der Waals surface area contributed by atoms with Gasteiger partial charge in [0.2, 0.25) is 0 Å². The van der Waals surface area contributed by atoms with Crippen molar-refractivity contribution in [1.82, 2.24) is 0 Å². The van der Waals surface area contributed by atoms with Crippen LogP contribution in [0.1, 0.15) is 25.7 Å². The Kier molecular flexibility index (Phi) is 3.39. The molecule has 0 aliphatic heterocycles. The van der Waals surface area contributed by atoms with Gasteiger partial charge < -0.3 is 10.4 Å². The molecule has 16 heavy (non-hydrogen) atoms. The average molecular weight is 227 g/mol. The fraction of sp³-hybridized carbons (Fsp3) is 0.500. The van der Waals surface area contributed by atoms with E-state index in [2.05, 4.69) is 5.32 Å². The molecule has 2 nitrogen and oxygen atoms in total. The highest BCUT2D eigenvalue weighted by Gasteiger charge is 2.24. The van der Waals surface area contributed by atoms with Crippen molar-refractivity contribution in [3.05, 3.63) is 29.8 Å². The first-order valence-corrected chi connectivity index (χ1v) is 5.57. The Labute approximate surface area is 93.3 Å². The molecule has 2 rings (SSSR count). The molecular formula is C12H15F2NO. The van der Waals surface area contributed by atoms with Crippen LogP contribution < -0.4 is 5.32 Å². The molecule has 2 N–H and O–H groups in total. The summed E-state index contributed by atoms with van der Waals surface area (Å²) in [5, 5.41) is 12.5. The van der Waals surface area contributed by atoms with Crippen LogP contribution in [0.3, 0.4) is 0 Å². The quantitative estimate of drug-likeness (QED) is 0.814. The molecule has 2 atom stereocenters. The number of anilines is 1. The second kappa shape index (κ2) is 4.78. The maximum absolute atomic E-state index is 13.3. The minimum atomic E-state index is -0.613. The first-order chi connectivity index (χ1) is 7.68. The Morgan fingerprint density at radius 2 is 1.75 bits per heavy atom. The first kappa shape index (κ1) is 11.3. The van der Waals surface area contributed by atoms with Crippen LogP contribution in [0.25, 0.3) is 0 Å². The summed E-state index contributed by atoms with van der Waals surface area (Å²) >= 11 is 0. The van der Waals surface area contributed by atoms with E-state index in [-0.39, 0.29) is 11.7 Å². The lowest BCUT2D eigenvalue weighted by Crippen LogP contribution is -2.36. The second-order valence-electron chi connectivity index (χ2n) is 4.20. The van der Waals surface area contributed by atoms with Crippen molar-refractivity contribution in [2.24, 2.45) is 0 Å². The Bertz CT molecular complexity index is 350. The van der Waals surface area contributed by atoms with Gasteiger partial charge in [-0.1, -0.05) is 18.9 Å². The van der Waals surface area contributed by atoms with Crippen molar-refractivity contribution in [2.45, 2.75) is 37.8 Å². The molecule has 1 aromatic carbocycles. The predicted molar refractivity (Wildman–Crippen MR) is 58.2 cm³/mol. The smallest absolute Gasteiger partial charge is 0.149 e. The maximum Gasteiger partial charge on any atom is 0.149 e. The number of rotatable bonds is 2. The number of hydrogen-bond acceptors (Lipinski definition) is 2. The molecule has 0 amide bonds. The highest BCUT2D eigenvalue weighted by atomic mass is 19.1. The van der Waals surface area contributed by atoms with Crippen LogP contribution in [0.2, 0.25) is 0 Å². The molecule has 1 aromatic rings. The van der Waals surface area contributed by atoms with Crippen LogP contribution in [0.5, 0.6) is 0 Å². The molecule has 0 unspecified atom stereocenters. The van der Waals surface area contributed by atoms with Crippen molar-refractivity contribution in [3.8, 4) is 0 Å². The number of benzene rings is 1. The number of para-hydroxylation sites is 1. The van der Waals surface area contributed by atoms with Gasteiger partial charge in [-0.05, 0) is 25.0 Å². The molecule has 0 saturated heterocycles. The topological polar surface area (TPSA) is 32.3 Å². The third kappa shape index (κ3) is 2.32. The van der Waals surface area contributed by atoms with E-state index in [4.69, 9.17) is 0 Å². The van der Waals surface area contributed by atoms with Crippen molar-refractivity contribution < 1.29 is 13.9 Å². The van der Waals surface area contributed by atoms with Crippen molar-refractivity contribution >= 4 is 5.69 Å². The molecular weight excluding hydrogens is 212 g/mol. The summed E-state index contributed by atoms with van der Waals surface area (Å²) in [6.07, 6.45) is 2.86. The van der Waals surface area contributed by atoms with Gasteiger partial charge in [0.15, 0.2) is 0 Å². The van der Waals surface area contributed by atoms with Gasteiger partial charge in [-0.25, -0.2) is 8.78 Å². The number of aliphatic hydroxyl groups is 1. The summed E-state index contributed by atoms with van der Waals surface area (Å²) < 4.78 is 26.7. The highest BCUT2D eigenvalue weighted by Crippen LogP contribution is 2.25. The third-order valence-corrected chi connectivity index (χ3v) is 3.02. The third-order valence-electron chi connectivity index (χ3n) is 3.02. The van der Waals surface area contributed by atoms with E-state index in [1.165, 1.54) is 18.2 Å². The molecule has 1 fully saturated rings. The zero-order valence-electron chi connectivity index (χ0n) is 8.92. The van der Waals surface area contributed by atoms with Crippen LogP contribution in [-0.2, 0) is 0 Å². The van der Waals surface area contributed by atoms with Gasteiger partial charge in [0.1, 0.15) is 17.3 Å². The normalized spacial score (nSPS) is 25.4. The minimum Gasteiger partial charge on any atom is -0.391 e. The van der Waals surface area contributed by atoms with E-state index in [0.717, 1.165) is 19.3 Å². The van der Waals surface area contributed by atoms with Crippen molar-refractivity contribution in [3.63, 3.8) is 0 Å². The summed E-state index contributed by atoms with van der Waals surface area (Å²) in [4.78, 5) is 0. The molecule has 0 heterocycles. The van der Waals surface area contributed by atoms with Gasteiger partial charge in [0.05, 0.1) is 12.1 Å². The largest absolute Gasteiger partial charge is 0.391 e. The SMILES string of the molecule is O[C@@H]1CCCC[C@H]1Nc1c(F)cccc1F. The first-order valence-electron chi connectivity index (χ1n) is 5.57. The zero-order chi connectivity index (χ0) is 11.5. The molecule has 0 aromatic heterocycles. The van der Waals surface area contributed by atoms with E-state index in [1.54, 1.807) is 0 Å². The van der Waals surface area contributed by atoms with Gasteiger partial charge in [-0.15, -0.1) is 0 Å².